The number of para-hydroxylation sites is 1. The summed E-state index contributed by atoms with van der Waals surface area (Å²) in [6, 6.07) is 60.5. The first kappa shape index (κ1) is 39.5. The van der Waals surface area contributed by atoms with Crippen molar-refractivity contribution in [3.63, 3.8) is 0 Å². The van der Waals surface area contributed by atoms with E-state index in [0.717, 1.165) is 66.8 Å². The Hall–Kier alpha value is -8.59. The van der Waals surface area contributed by atoms with Crippen LogP contribution in [-0.2, 0) is 6.18 Å². The molecule has 0 amide bonds. The van der Waals surface area contributed by atoms with Gasteiger partial charge in [-0.05, 0) is 95.9 Å². The average Bonchev–Trinajstić information content (AvgIpc) is 3.66. The van der Waals surface area contributed by atoms with Crippen molar-refractivity contribution in [2.24, 2.45) is 0 Å². The Morgan fingerprint density at radius 3 is 1.78 bits per heavy atom. The summed E-state index contributed by atoms with van der Waals surface area (Å²) in [5, 5.41) is 11.6. The average molecular weight is 834 g/mol. The number of benzene rings is 8. The molecule has 0 aliphatic rings. The monoisotopic (exact) mass is 833 g/mol. The van der Waals surface area contributed by atoms with Crippen molar-refractivity contribution >= 4 is 27.5 Å². The van der Waals surface area contributed by atoms with Crippen molar-refractivity contribution in [3.8, 4) is 79.0 Å². The summed E-state index contributed by atoms with van der Waals surface area (Å²) in [7, 11) is 0. The van der Waals surface area contributed by atoms with Gasteiger partial charge in [0.15, 0.2) is 11.5 Å². The molecular formula is C56H34F3N5. The zero-order chi connectivity index (χ0) is 44.0. The molecule has 0 aliphatic heterocycles. The lowest BCUT2D eigenvalue weighted by Crippen LogP contribution is -2.06. The first-order chi connectivity index (χ1) is 31.1. The molecule has 0 N–H and O–H groups in total. The molecule has 10 aromatic rings. The van der Waals surface area contributed by atoms with E-state index in [9.17, 15) is 18.4 Å². The number of alkyl halides is 3. The summed E-state index contributed by atoms with van der Waals surface area (Å²) in [5.74, 6) is 0.416. The van der Waals surface area contributed by atoms with Gasteiger partial charge in [-0.15, -0.1) is 0 Å². The Labute approximate surface area is 367 Å². The Morgan fingerprint density at radius 1 is 0.531 bits per heavy atom. The second kappa shape index (κ2) is 16.0. The fourth-order valence-corrected chi connectivity index (χ4v) is 8.51. The van der Waals surface area contributed by atoms with E-state index >= 15 is 0 Å². The summed E-state index contributed by atoms with van der Waals surface area (Å²) < 4.78 is 46.0. The lowest BCUT2D eigenvalue weighted by molar-refractivity contribution is -0.137. The SMILES string of the molecule is [C-]#[N+]c1cc(C#N)cc(-c2ccc3c(c2)c2ccccc2n3-c2c(-c3cccc(C)c3)cc(-c3nc(-c4ccccc4)cc(-c4ccccc4)n3)cc2-c2cccc(C(F)(F)F)c2)c1. The molecule has 0 spiro atoms. The molecule has 8 heteroatoms. The zero-order valence-electron chi connectivity index (χ0n) is 34.3. The predicted octanol–water partition coefficient (Wildman–Crippen LogP) is 15.3. The Bertz CT molecular complexity index is 3430. The van der Waals surface area contributed by atoms with Crippen LogP contribution in [0.15, 0.2) is 188 Å². The van der Waals surface area contributed by atoms with Crippen LogP contribution >= 0.6 is 0 Å². The number of nitrogens with zero attached hydrogens (tertiary/aromatic N) is 5. The van der Waals surface area contributed by atoms with Gasteiger partial charge in [0.05, 0.1) is 46.3 Å². The van der Waals surface area contributed by atoms with Gasteiger partial charge in [-0.1, -0.05) is 127 Å². The predicted molar refractivity (Wildman–Crippen MR) is 250 cm³/mol. The van der Waals surface area contributed by atoms with Crippen LogP contribution in [0.2, 0.25) is 0 Å². The largest absolute Gasteiger partial charge is 0.416 e. The van der Waals surface area contributed by atoms with Crippen LogP contribution in [0.4, 0.5) is 18.9 Å². The summed E-state index contributed by atoms with van der Waals surface area (Å²) >= 11 is 0. The van der Waals surface area contributed by atoms with Crippen LogP contribution in [0.3, 0.4) is 0 Å². The highest BCUT2D eigenvalue weighted by molar-refractivity contribution is 6.12. The maximum atomic E-state index is 14.6. The second-order valence-corrected chi connectivity index (χ2v) is 15.6. The van der Waals surface area contributed by atoms with E-state index in [1.807, 2.05) is 140 Å². The van der Waals surface area contributed by atoms with Gasteiger partial charge in [-0.3, -0.25) is 0 Å². The minimum Gasteiger partial charge on any atom is -0.308 e. The van der Waals surface area contributed by atoms with Crippen LogP contribution < -0.4 is 0 Å². The number of aryl methyl sites for hydroxylation is 1. The summed E-state index contributed by atoms with van der Waals surface area (Å²) in [5.41, 5.74) is 11.2. The maximum Gasteiger partial charge on any atom is 0.416 e. The summed E-state index contributed by atoms with van der Waals surface area (Å²) in [6.07, 6.45) is -4.59. The smallest absolute Gasteiger partial charge is 0.308 e. The molecule has 0 fully saturated rings. The Balaban J connectivity index is 1.32. The number of hydrogen-bond acceptors (Lipinski definition) is 3. The van der Waals surface area contributed by atoms with E-state index in [0.29, 0.717) is 50.8 Å². The van der Waals surface area contributed by atoms with Crippen molar-refractivity contribution in [2.75, 3.05) is 0 Å². The van der Waals surface area contributed by atoms with Crippen LogP contribution in [0.1, 0.15) is 16.7 Å². The molecule has 0 saturated heterocycles. The van der Waals surface area contributed by atoms with Gasteiger partial charge >= 0.3 is 6.18 Å². The Morgan fingerprint density at radius 2 is 1.14 bits per heavy atom. The van der Waals surface area contributed by atoms with Crippen molar-refractivity contribution < 1.29 is 13.2 Å². The minimum atomic E-state index is -4.59. The highest BCUT2D eigenvalue weighted by Gasteiger charge is 2.31. The van der Waals surface area contributed by atoms with Crippen LogP contribution in [0.5, 0.6) is 0 Å². The second-order valence-electron chi connectivity index (χ2n) is 15.6. The third-order valence-corrected chi connectivity index (χ3v) is 11.5. The van der Waals surface area contributed by atoms with Crippen molar-refractivity contribution in [2.45, 2.75) is 13.1 Å². The van der Waals surface area contributed by atoms with Gasteiger partial charge in [-0.25, -0.2) is 14.8 Å². The van der Waals surface area contributed by atoms with E-state index in [2.05, 4.69) is 27.6 Å². The number of halogens is 3. The van der Waals surface area contributed by atoms with E-state index in [1.54, 1.807) is 24.3 Å². The van der Waals surface area contributed by atoms with Crippen LogP contribution in [-0.4, -0.2) is 14.5 Å². The fraction of sp³-hybridized carbons (Fsp3) is 0.0357. The molecule has 0 atom stereocenters. The molecule has 5 nitrogen and oxygen atoms in total. The minimum absolute atomic E-state index is 0.361. The zero-order valence-corrected chi connectivity index (χ0v) is 34.3. The number of fused-ring (bicyclic) bond motifs is 3. The van der Waals surface area contributed by atoms with Crippen molar-refractivity contribution in [1.29, 1.82) is 5.26 Å². The van der Waals surface area contributed by atoms with Crippen molar-refractivity contribution in [1.82, 2.24) is 14.5 Å². The quantitative estimate of drug-likeness (QED) is 0.150. The van der Waals surface area contributed by atoms with Gasteiger partial charge in [0, 0.05) is 44.2 Å². The topological polar surface area (TPSA) is 58.9 Å². The van der Waals surface area contributed by atoms with E-state index in [4.69, 9.17) is 16.5 Å². The highest BCUT2D eigenvalue weighted by Crippen LogP contribution is 2.46. The van der Waals surface area contributed by atoms with E-state index < -0.39 is 11.7 Å². The Kier molecular flexibility index (Phi) is 9.90. The number of nitriles is 1. The molecule has 0 saturated carbocycles. The summed E-state index contributed by atoms with van der Waals surface area (Å²) in [6.45, 7) is 9.68. The molecule has 0 unspecified atom stereocenters. The molecule has 8 aromatic carbocycles. The van der Waals surface area contributed by atoms with E-state index in [-0.39, 0.29) is 0 Å². The third kappa shape index (κ3) is 7.34. The van der Waals surface area contributed by atoms with E-state index in [1.165, 1.54) is 12.1 Å². The highest BCUT2D eigenvalue weighted by atomic mass is 19.4. The number of rotatable bonds is 7. The molecule has 304 valence electrons. The number of hydrogen-bond donors (Lipinski definition) is 0. The lowest BCUT2D eigenvalue weighted by atomic mass is 9.91. The first-order valence-corrected chi connectivity index (χ1v) is 20.5. The van der Waals surface area contributed by atoms with Gasteiger partial charge in [0.25, 0.3) is 0 Å². The summed E-state index contributed by atoms with van der Waals surface area (Å²) in [4.78, 5) is 13.9. The van der Waals surface area contributed by atoms with Crippen LogP contribution in [0.25, 0.3) is 99.6 Å². The lowest BCUT2D eigenvalue weighted by Gasteiger charge is -2.22. The molecule has 0 aliphatic carbocycles. The standard InChI is InChI=1S/C56H34F3N5/c1-35-13-11-18-40(25-35)47-31-43(55-62-50(37-14-5-3-6-15-37)33-51(63-55)38-16-7-4-8-17-38)32-48(41-19-12-20-44(28-41)56(57,58)59)54(47)64-52-22-10-9-21-46(52)49-30-39(23-24-53(49)64)42-26-36(34-60)27-45(29-42)61-2/h3-33H,1H3. The van der Waals surface area contributed by atoms with Gasteiger partial charge < -0.3 is 4.57 Å². The third-order valence-electron chi connectivity index (χ3n) is 11.5. The van der Waals surface area contributed by atoms with Gasteiger partial charge in [0.1, 0.15) is 0 Å². The molecule has 10 rings (SSSR count). The first-order valence-electron chi connectivity index (χ1n) is 20.5. The molecule has 0 bridgehead atoms. The van der Waals surface area contributed by atoms with Gasteiger partial charge in [-0.2, -0.15) is 18.4 Å². The number of aromatic nitrogens is 3. The van der Waals surface area contributed by atoms with Crippen molar-refractivity contribution in [3.05, 3.63) is 216 Å². The van der Waals surface area contributed by atoms with Gasteiger partial charge in [0.2, 0.25) is 0 Å². The molecule has 2 aromatic heterocycles. The van der Waals surface area contributed by atoms with Crippen LogP contribution in [0, 0.1) is 24.8 Å². The molecule has 64 heavy (non-hydrogen) atoms. The molecule has 0 radical (unpaired) electrons. The maximum absolute atomic E-state index is 14.6. The molecular weight excluding hydrogens is 800 g/mol. The normalized spacial score (nSPS) is 11.4. The molecule has 2 heterocycles. The fourth-order valence-electron chi connectivity index (χ4n) is 8.51.